The van der Waals surface area contributed by atoms with Crippen LogP contribution in [0.25, 0.3) is 0 Å². The predicted octanol–water partition coefficient (Wildman–Crippen LogP) is 8.57. The standard InChI is InChI=1S/C27H44Br2O/c1-17(2)7-6-8-18(3)20-9-10-21-19-11-16-27(29)24(28)23(30)13-15-26(27,5)22(19)12-14-25(20,21)4/h17-22,24H,6-16H2,1-5H3/t18-,19+,20-,21+,22+,24-,25-,26-,27-/m1/s1. The van der Waals surface area contributed by atoms with Crippen LogP contribution < -0.4 is 0 Å². The third-order valence-electron chi connectivity index (χ3n) is 10.8. The van der Waals surface area contributed by atoms with Gasteiger partial charge in [0, 0.05) is 6.42 Å². The van der Waals surface area contributed by atoms with Crippen molar-refractivity contribution in [2.45, 2.75) is 114 Å². The first-order valence-corrected chi connectivity index (χ1v) is 14.6. The summed E-state index contributed by atoms with van der Waals surface area (Å²) in [7, 11) is 0. The van der Waals surface area contributed by atoms with Crippen molar-refractivity contribution in [3.05, 3.63) is 0 Å². The molecule has 4 rings (SSSR count). The minimum absolute atomic E-state index is 0.00434. The molecule has 4 aliphatic rings. The SMILES string of the molecule is CC(C)CCC[C@@H](C)[C@H]1CC[C@H]2[C@@H]3CC[C@@]4(Br)[C@H](Br)C(=O)CC[C@]4(C)[C@H]3CC[C@]12C. The van der Waals surface area contributed by atoms with Crippen LogP contribution in [0.1, 0.15) is 105 Å². The number of fused-ring (bicyclic) bond motifs is 5. The van der Waals surface area contributed by atoms with Crippen LogP contribution in [0.5, 0.6) is 0 Å². The normalized spacial score (nSPS) is 49.5. The van der Waals surface area contributed by atoms with E-state index in [9.17, 15) is 4.79 Å². The maximum absolute atomic E-state index is 12.6. The van der Waals surface area contributed by atoms with Gasteiger partial charge in [0.05, 0.1) is 9.15 Å². The van der Waals surface area contributed by atoms with Crippen molar-refractivity contribution in [1.82, 2.24) is 0 Å². The Morgan fingerprint density at radius 2 is 1.70 bits per heavy atom. The Hall–Kier alpha value is 0.630. The molecule has 0 amide bonds. The van der Waals surface area contributed by atoms with Crippen LogP contribution in [0.4, 0.5) is 0 Å². The molecule has 4 saturated carbocycles. The summed E-state index contributed by atoms with van der Waals surface area (Å²) in [4.78, 5) is 12.6. The van der Waals surface area contributed by atoms with Gasteiger partial charge in [-0.3, -0.25) is 4.79 Å². The fourth-order valence-electron chi connectivity index (χ4n) is 9.05. The summed E-state index contributed by atoms with van der Waals surface area (Å²) in [5.41, 5.74) is 0.805. The van der Waals surface area contributed by atoms with Gasteiger partial charge in [-0.1, -0.05) is 85.7 Å². The van der Waals surface area contributed by atoms with Gasteiger partial charge in [-0.05, 0) is 91.3 Å². The second-order valence-corrected chi connectivity index (χ2v) is 14.9. The van der Waals surface area contributed by atoms with E-state index in [0.29, 0.717) is 11.2 Å². The smallest absolute Gasteiger partial charge is 0.147 e. The minimum Gasteiger partial charge on any atom is -0.298 e. The lowest BCUT2D eigenvalue weighted by Crippen LogP contribution is -2.64. The largest absolute Gasteiger partial charge is 0.298 e. The molecule has 0 saturated heterocycles. The third kappa shape index (κ3) is 3.54. The van der Waals surface area contributed by atoms with E-state index in [0.717, 1.165) is 54.8 Å². The summed E-state index contributed by atoms with van der Waals surface area (Å²) < 4.78 is -0.0353. The summed E-state index contributed by atoms with van der Waals surface area (Å²) in [6, 6.07) is 0. The summed E-state index contributed by atoms with van der Waals surface area (Å²) in [6.45, 7) is 12.5. The first kappa shape index (κ1) is 23.8. The van der Waals surface area contributed by atoms with Gasteiger partial charge >= 0.3 is 0 Å². The molecule has 4 aliphatic carbocycles. The van der Waals surface area contributed by atoms with Crippen LogP contribution >= 0.6 is 31.9 Å². The van der Waals surface area contributed by atoms with Crippen LogP contribution in [0.15, 0.2) is 0 Å². The Bertz CT molecular complexity index is 661. The van der Waals surface area contributed by atoms with E-state index in [1.807, 2.05) is 0 Å². The quantitative estimate of drug-likeness (QED) is 0.317. The molecule has 9 atom stereocenters. The van der Waals surface area contributed by atoms with Crippen LogP contribution in [0.2, 0.25) is 0 Å². The van der Waals surface area contributed by atoms with Gasteiger partial charge in [0.2, 0.25) is 0 Å². The van der Waals surface area contributed by atoms with Gasteiger partial charge in [-0.2, -0.15) is 0 Å². The number of rotatable bonds is 5. The van der Waals surface area contributed by atoms with Gasteiger partial charge in [0.15, 0.2) is 0 Å². The number of halogens is 2. The van der Waals surface area contributed by atoms with Crippen molar-refractivity contribution in [3.63, 3.8) is 0 Å². The van der Waals surface area contributed by atoms with E-state index in [1.54, 1.807) is 0 Å². The molecule has 0 aromatic heterocycles. The fraction of sp³-hybridized carbons (Fsp3) is 0.963. The van der Waals surface area contributed by atoms with Gasteiger partial charge in [-0.25, -0.2) is 0 Å². The fourth-order valence-corrected chi connectivity index (χ4v) is 11.0. The summed E-state index contributed by atoms with van der Waals surface area (Å²) >= 11 is 8.03. The molecule has 4 fully saturated rings. The van der Waals surface area contributed by atoms with Crippen molar-refractivity contribution in [1.29, 1.82) is 0 Å². The zero-order valence-electron chi connectivity index (χ0n) is 20.0. The molecule has 0 unspecified atom stereocenters. The Morgan fingerprint density at radius 1 is 0.967 bits per heavy atom. The van der Waals surface area contributed by atoms with E-state index < -0.39 is 0 Å². The average molecular weight is 544 g/mol. The van der Waals surface area contributed by atoms with E-state index in [1.165, 1.54) is 51.4 Å². The molecule has 0 spiro atoms. The van der Waals surface area contributed by atoms with Gasteiger partial charge in [0.25, 0.3) is 0 Å². The Labute approximate surface area is 202 Å². The number of carbonyl (C=O) groups excluding carboxylic acids is 1. The maximum atomic E-state index is 12.6. The Morgan fingerprint density at radius 3 is 2.40 bits per heavy atom. The lowest BCUT2D eigenvalue weighted by atomic mass is 9.44. The molecule has 0 aromatic carbocycles. The Balaban J connectivity index is 1.52. The van der Waals surface area contributed by atoms with Gasteiger partial charge in [-0.15, -0.1) is 0 Å². The summed E-state index contributed by atoms with van der Waals surface area (Å²) in [5, 5.41) is 0. The maximum Gasteiger partial charge on any atom is 0.147 e. The van der Waals surface area contributed by atoms with Crippen LogP contribution in [0.3, 0.4) is 0 Å². The number of alkyl halides is 2. The molecule has 0 bridgehead atoms. The van der Waals surface area contributed by atoms with Crippen LogP contribution in [0, 0.1) is 46.3 Å². The first-order valence-electron chi connectivity index (χ1n) is 12.9. The predicted molar refractivity (Wildman–Crippen MR) is 134 cm³/mol. The highest BCUT2D eigenvalue weighted by atomic mass is 79.9. The van der Waals surface area contributed by atoms with E-state index >= 15 is 0 Å². The van der Waals surface area contributed by atoms with Crippen LogP contribution in [-0.2, 0) is 4.79 Å². The summed E-state index contributed by atoms with van der Waals surface area (Å²) in [5.74, 6) is 5.63. The highest BCUT2D eigenvalue weighted by molar-refractivity contribution is 9.12. The zero-order chi connectivity index (χ0) is 21.9. The van der Waals surface area contributed by atoms with Crippen molar-refractivity contribution in [2.75, 3.05) is 0 Å². The first-order chi connectivity index (χ1) is 14.0. The second-order valence-electron chi connectivity index (χ2n) is 12.6. The van der Waals surface area contributed by atoms with Gasteiger partial charge in [0.1, 0.15) is 5.78 Å². The number of ketones is 1. The number of Topliss-reactive ketones (excluding diaryl/α,β-unsaturated/α-hetero) is 1. The second kappa shape index (κ2) is 8.44. The monoisotopic (exact) mass is 542 g/mol. The van der Waals surface area contributed by atoms with Crippen molar-refractivity contribution < 1.29 is 4.79 Å². The number of carbonyl (C=O) groups is 1. The summed E-state index contributed by atoms with van der Waals surface area (Å²) in [6.07, 6.45) is 14.3. The van der Waals surface area contributed by atoms with Crippen molar-refractivity contribution in [3.8, 4) is 0 Å². The lowest BCUT2D eigenvalue weighted by Gasteiger charge is -2.64. The molecular weight excluding hydrogens is 500 g/mol. The van der Waals surface area contributed by atoms with Crippen LogP contribution in [-0.4, -0.2) is 14.9 Å². The highest BCUT2D eigenvalue weighted by Gasteiger charge is 2.66. The van der Waals surface area contributed by atoms with Gasteiger partial charge < -0.3 is 0 Å². The zero-order valence-corrected chi connectivity index (χ0v) is 23.2. The minimum atomic E-state index is -0.0353. The number of hydrogen-bond acceptors (Lipinski definition) is 1. The molecule has 3 heteroatoms. The highest BCUT2D eigenvalue weighted by Crippen LogP contribution is 2.71. The molecule has 0 aromatic rings. The van der Waals surface area contributed by atoms with E-state index in [2.05, 4.69) is 66.5 Å². The molecule has 30 heavy (non-hydrogen) atoms. The molecule has 1 nitrogen and oxygen atoms in total. The topological polar surface area (TPSA) is 17.1 Å². The molecular formula is C27H44Br2O. The molecule has 0 radical (unpaired) electrons. The van der Waals surface area contributed by atoms with E-state index in [-0.39, 0.29) is 14.6 Å². The molecule has 0 aliphatic heterocycles. The molecule has 0 heterocycles. The molecule has 172 valence electrons. The van der Waals surface area contributed by atoms with Crippen molar-refractivity contribution in [2.24, 2.45) is 46.3 Å². The molecule has 0 N–H and O–H groups in total. The van der Waals surface area contributed by atoms with Crippen molar-refractivity contribution >= 4 is 37.6 Å². The average Bonchev–Trinajstić information content (AvgIpc) is 3.04. The third-order valence-corrected chi connectivity index (χ3v) is 14.5. The van der Waals surface area contributed by atoms with E-state index in [4.69, 9.17) is 0 Å². The Kier molecular flexibility index (Phi) is 6.69. The lowest BCUT2D eigenvalue weighted by molar-refractivity contribution is -0.133. The number of hydrogen-bond donors (Lipinski definition) is 0.